The lowest BCUT2D eigenvalue weighted by atomic mass is 9.86. The van der Waals surface area contributed by atoms with Crippen molar-refractivity contribution >= 4 is 16.9 Å². The molecule has 7 rings (SSSR count). The fourth-order valence-electron chi connectivity index (χ4n) is 4.79. The first-order chi connectivity index (χ1) is 14.7. The molecular formula is C23H21FN6. The highest BCUT2D eigenvalue weighted by molar-refractivity contribution is 5.90. The topological polar surface area (TPSA) is 60.9 Å². The first-order valence-electron chi connectivity index (χ1n) is 10.2. The smallest absolute Gasteiger partial charge is 0.141 e. The van der Waals surface area contributed by atoms with Crippen molar-refractivity contribution in [2.75, 3.05) is 18.0 Å². The van der Waals surface area contributed by atoms with Crippen LogP contribution < -0.4 is 4.90 Å². The summed E-state index contributed by atoms with van der Waals surface area (Å²) in [6, 6.07) is 14.1. The van der Waals surface area contributed by atoms with Gasteiger partial charge in [0, 0.05) is 55.1 Å². The van der Waals surface area contributed by atoms with Gasteiger partial charge < -0.3 is 9.88 Å². The molecule has 3 aliphatic heterocycles. The van der Waals surface area contributed by atoms with Gasteiger partial charge >= 0.3 is 0 Å². The quantitative estimate of drug-likeness (QED) is 0.567. The number of hydrogen-bond acceptors (Lipinski definition) is 5. The van der Waals surface area contributed by atoms with Gasteiger partial charge in [-0.05, 0) is 42.3 Å². The van der Waals surface area contributed by atoms with E-state index < -0.39 is 0 Å². The van der Waals surface area contributed by atoms with Crippen molar-refractivity contribution in [2.45, 2.75) is 25.0 Å². The minimum atomic E-state index is -0.162. The van der Waals surface area contributed by atoms with Crippen LogP contribution in [-0.4, -0.2) is 50.0 Å². The maximum atomic E-state index is 13.5. The number of pyridine rings is 1. The molecule has 0 aliphatic carbocycles. The van der Waals surface area contributed by atoms with E-state index in [1.165, 1.54) is 12.5 Å². The number of H-pyrrole nitrogens is 1. The third-order valence-electron chi connectivity index (χ3n) is 6.30. The Morgan fingerprint density at radius 1 is 1.03 bits per heavy atom. The molecule has 0 spiro atoms. The Hall–Kier alpha value is -3.32. The number of benzene rings is 1. The number of aromatic nitrogens is 4. The summed E-state index contributed by atoms with van der Waals surface area (Å²) in [6.07, 6.45) is 6.55. The van der Waals surface area contributed by atoms with Crippen LogP contribution in [0.25, 0.3) is 22.3 Å². The van der Waals surface area contributed by atoms with E-state index in [0.29, 0.717) is 12.1 Å². The number of rotatable bonds is 4. The van der Waals surface area contributed by atoms with Crippen LogP contribution in [-0.2, 0) is 6.54 Å². The molecule has 1 aromatic carbocycles. The zero-order valence-corrected chi connectivity index (χ0v) is 16.4. The second kappa shape index (κ2) is 6.88. The summed E-state index contributed by atoms with van der Waals surface area (Å²) in [4.78, 5) is 21.4. The van der Waals surface area contributed by atoms with E-state index >= 15 is 0 Å². The van der Waals surface area contributed by atoms with Crippen molar-refractivity contribution in [3.05, 3.63) is 72.6 Å². The van der Waals surface area contributed by atoms with Crippen LogP contribution in [0.1, 0.15) is 12.0 Å². The van der Waals surface area contributed by atoms with Gasteiger partial charge in [-0.15, -0.1) is 0 Å². The van der Waals surface area contributed by atoms with Crippen molar-refractivity contribution in [3.63, 3.8) is 0 Å². The number of halogens is 1. The number of piperazine rings is 1. The average Bonchev–Trinajstić information content (AvgIpc) is 3.27. The molecule has 3 fully saturated rings. The van der Waals surface area contributed by atoms with Crippen LogP contribution in [0.15, 0.2) is 61.2 Å². The summed E-state index contributed by atoms with van der Waals surface area (Å²) < 4.78 is 13.5. The van der Waals surface area contributed by atoms with Gasteiger partial charge in [-0.25, -0.2) is 19.3 Å². The van der Waals surface area contributed by atoms with Gasteiger partial charge in [0.1, 0.15) is 23.6 Å². The maximum Gasteiger partial charge on any atom is 0.141 e. The number of aromatic amines is 1. The highest BCUT2D eigenvalue weighted by atomic mass is 19.1. The molecule has 4 aromatic rings. The second-order valence-corrected chi connectivity index (χ2v) is 8.12. The highest BCUT2D eigenvalue weighted by Gasteiger charge is 2.44. The predicted octanol–water partition coefficient (Wildman–Crippen LogP) is 3.62. The molecule has 0 saturated carbocycles. The Labute approximate surface area is 173 Å². The monoisotopic (exact) mass is 400 g/mol. The first-order valence-corrected chi connectivity index (χ1v) is 10.2. The lowest BCUT2D eigenvalue weighted by Gasteiger charge is -2.56. The van der Waals surface area contributed by atoms with Gasteiger partial charge in [0.15, 0.2) is 0 Å². The van der Waals surface area contributed by atoms with E-state index in [-0.39, 0.29) is 5.82 Å². The molecule has 3 aromatic heterocycles. The molecule has 3 aliphatic rings. The molecule has 2 atom stereocenters. The Morgan fingerprint density at radius 2 is 1.93 bits per heavy atom. The molecule has 7 heteroatoms. The molecule has 6 nitrogen and oxygen atoms in total. The molecule has 0 amide bonds. The van der Waals surface area contributed by atoms with Gasteiger partial charge in [-0.2, -0.15) is 0 Å². The largest absolute Gasteiger partial charge is 0.353 e. The third kappa shape index (κ3) is 2.93. The molecule has 150 valence electrons. The molecule has 6 heterocycles. The summed E-state index contributed by atoms with van der Waals surface area (Å²) in [5.41, 5.74) is 3.75. The fraction of sp³-hybridized carbons (Fsp3) is 0.261. The number of nitrogens with one attached hydrogen (secondary N) is 1. The number of fused-ring (bicyclic) bond motifs is 3. The van der Waals surface area contributed by atoms with Crippen LogP contribution in [0.2, 0.25) is 0 Å². The minimum Gasteiger partial charge on any atom is -0.353 e. The Balaban J connectivity index is 1.17. The SMILES string of the molecule is Fc1cccc(CN2C3CC2CN(c2ccc(-c4ncnc5[nH]ccc45)cn2)C3)c1. The summed E-state index contributed by atoms with van der Waals surface area (Å²) >= 11 is 0. The fourth-order valence-corrected chi connectivity index (χ4v) is 4.79. The molecule has 1 N–H and O–H groups in total. The second-order valence-electron chi connectivity index (χ2n) is 8.12. The van der Waals surface area contributed by atoms with Crippen LogP contribution in [0, 0.1) is 5.82 Å². The molecule has 2 bridgehead atoms. The van der Waals surface area contributed by atoms with E-state index in [2.05, 4.69) is 36.9 Å². The van der Waals surface area contributed by atoms with E-state index in [0.717, 1.165) is 53.3 Å². The van der Waals surface area contributed by atoms with Gasteiger partial charge in [0.25, 0.3) is 0 Å². The highest BCUT2D eigenvalue weighted by Crippen LogP contribution is 2.36. The summed E-state index contributed by atoms with van der Waals surface area (Å²) in [5, 5.41) is 0.999. The Kier molecular flexibility index (Phi) is 4.02. The Morgan fingerprint density at radius 3 is 2.73 bits per heavy atom. The normalized spacial score (nSPS) is 21.0. The standard InChI is InChI=1S/C23H21FN6/c24-17-3-1-2-15(8-17)11-30-18-9-19(30)13-29(12-18)21-5-4-16(10-26-21)22-20-6-7-25-23(20)28-14-27-22/h1-8,10,14,18-19H,9,11-13H2,(H,25,27,28). The number of piperidine rings is 1. The number of anilines is 1. The van der Waals surface area contributed by atoms with Crippen molar-refractivity contribution in [3.8, 4) is 11.3 Å². The van der Waals surface area contributed by atoms with Gasteiger partial charge in [0.2, 0.25) is 0 Å². The van der Waals surface area contributed by atoms with Gasteiger partial charge in [0.05, 0.1) is 5.69 Å². The lowest BCUT2D eigenvalue weighted by Crippen LogP contribution is -2.68. The van der Waals surface area contributed by atoms with Crippen molar-refractivity contribution in [1.82, 2.24) is 24.8 Å². The van der Waals surface area contributed by atoms with Crippen molar-refractivity contribution in [2.24, 2.45) is 0 Å². The van der Waals surface area contributed by atoms with Gasteiger partial charge in [-0.1, -0.05) is 12.1 Å². The molecule has 3 saturated heterocycles. The minimum absolute atomic E-state index is 0.162. The molecular weight excluding hydrogens is 379 g/mol. The van der Waals surface area contributed by atoms with E-state index in [1.54, 1.807) is 18.5 Å². The van der Waals surface area contributed by atoms with E-state index in [4.69, 9.17) is 4.98 Å². The Bertz CT molecular complexity index is 1190. The van der Waals surface area contributed by atoms with Crippen molar-refractivity contribution in [1.29, 1.82) is 0 Å². The third-order valence-corrected chi connectivity index (χ3v) is 6.30. The molecule has 30 heavy (non-hydrogen) atoms. The van der Waals surface area contributed by atoms with Crippen LogP contribution in [0.3, 0.4) is 0 Å². The average molecular weight is 400 g/mol. The molecule has 0 radical (unpaired) electrons. The first kappa shape index (κ1) is 17.5. The zero-order valence-electron chi connectivity index (χ0n) is 16.4. The zero-order chi connectivity index (χ0) is 20.1. The summed E-state index contributed by atoms with van der Waals surface area (Å²) in [7, 11) is 0. The van der Waals surface area contributed by atoms with Gasteiger partial charge in [-0.3, -0.25) is 4.90 Å². The van der Waals surface area contributed by atoms with Crippen LogP contribution >= 0.6 is 0 Å². The number of nitrogens with zero attached hydrogens (tertiary/aromatic N) is 5. The summed E-state index contributed by atoms with van der Waals surface area (Å²) in [5.74, 6) is 0.836. The van der Waals surface area contributed by atoms with Crippen LogP contribution in [0.5, 0.6) is 0 Å². The van der Waals surface area contributed by atoms with Crippen LogP contribution in [0.4, 0.5) is 10.2 Å². The van der Waals surface area contributed by atoms with E-state index in [9.17, 15) is 4.39 Å². The lowest BCUT2D eigenvalue weighted by molar-refractivity contribution is -0.00874. The maximum absolute atomic E-state index is 13.5. The predicted molar refractivity (Wildman–Crippen MR) is 113 cm³/mol. The molecule has 2 unspecified atom stereocenters. The summed E-state index contributed by atoms with van der Waals surface area (Å²) in [6.45, 7) is 2.72. The van der Waals surface area contributed by atoms with Crippen molar-refractivity contribution < 1.29 is 4.39 Å². The number of hydrogen-bond donors (Lipinski definition) is 1. The van der Waals surface area contributed by atoms with E-state index in [1.807, 2.05) is 24.5 Å².